The van der Waals surface area contributed by atoms with Crippen LogP contribution in [-0.2, 0) is 13.6 Å². The van der Waals surface area contributed by atoms with Crippen LogP contribution in [0.1, 0.15) is 26.7 Å². The van der Waals surface area contributed by atoms with E-state index in [9.17, 15) is 4.79 Å². The molecule has 17 heavy (non-hydrogen) atoms. The first-order chi connectivity index (χ1) is 7.37. The highest BCUT2D eigenvalue weighted by Crippen LogP contribution is 2.26. The highest BCUT2D eigenvalue weighted by molar-refractivity contribution is 6.71. The molecule has 0 heterocycles. The van der Waals surface area contributed by atoms with Gasteiger partial charge in [0.1, 0.15) is 0 Å². The Balaban J connectivity index is 4.54. The Morgan fingerprint density at radius 3 is 1.82 bits per heavy atom. The molecule has 3 nitrogen and oxygen atoms in total. The molecular weight excluding hydrogens is 248 g/mol. The number of carbonyl (C=O) groups excluding carboxylic acids is 1. The van der Waals surface area contributed by atoms with Gasteiger partial charge in [-0.2, -0.15) is 0 Å². The Morgan fingerprint density at radius 1 is 1.06 bits per heavy atom. The predicted molar refractivity (Wildman–Crippen MR) is 77.2 cm³/mol. The predicted octanol–water partition coefficient (Wildman–Crippen LogP) is 3.77. The van der Waals surface area contributed by atoms with Gasteiger partial charge in [-0.15, -0.1) is 0 Å². The molecule has 0 bridgehead atoms. The fourth-order valence-corrected chi connectivity index (χ4v) is 4.11. The zero-order chi connectivity index (χ0) is 13.9. The maximum absolute atomic E-state index is 11.9. The summed E-state index contributed by atoms with van der Waals surface area (Å²) in [6.45, 7) is 16.6. The standard InChI is InChI=1S/C12H28O3Si2/c1-9-12(2,15-17(6,7)8)10-11(13)14-16(3,4)5/h9-10H2,1-8H3. The van der Waals surface area contributed by atoms with E-state index < -0.39 is 16.6 Å². The molecule has 1 atom stereocenters. The van der Waals surface area contributed by atoms with Gasteiger partial charge >= 0.3 is 0 Å². The van der Waals surface area contributed by atoms with E-state index in [0.717, 1.165) is 6.42 Å². The van der Waals surface area contributed by atoms with Crippen molar-refractivity contribution in [1.82, 2.24) is 0 Å². The minimum absolute atomic E-state index is 0.119. The van der Waals surface area contributed by atoms with E-state index in [-0.39, 0.29) is 11.6 Å². The summed E-state index contributed by atoms with van der Waals surface area (Å²) in [6.07, 6.45) is 1.19. The molecule has 0 fully saturated rings. The summed E-state index contributed by atoms with van der Waals surface area (Å²) in [6, 6.07) is 0. The van der Waals surface area contributed by atoms with Crippen molar-refractivity contribution in [1.29, 1.82) is 0 Å². The third-order valence-electron chi connectivity index (χ3n) is 2.24. The molecule has 0 aromatic heterocycles. The van der Waals surface area contributed by atoms with Crippen LogP contribution >= 0.6 is 0 Å². The van der Waals surface area contributed by atoms with Crippen LogP contribution in [0.2, 0.25) is 39.3 Å². The minimum Gasteiger partial charge on any atom is -0.520 e. The van der Waals surface area contributed by atoms with Crippen molar-refractivity contribution in [3.8, 4) is 0 Å². The molecule has 0 saturated heterocycles. The quantitative estimate of drug-likeness (QED) is 0.693. The molecule has 0 aliphatic carbocycles. The summed E-state index contributed by atoms with van der Waals surface area (Å²) < 4.78 is 11.6. The highest BCUT2D eigenvalue weighted by Gasteiger charge is 2.34. The smallest absolute Gasteiger partial charge is 0.295 e. The topological polar surface area (TPSA) is 35.5 Å². The number of carbonyl (C=O) groups is 1. The minimum atomic E-state index is -1.79. The SMILES string of the molecule is CCC(C)(CC(=O)O[Si](C)(C)C)O[Si](C)(C)C. The van der Waals surface area contributed by atoms with Gasteiger partial charge in [-0.25, -0.2) is 0 Å². The van der Waals surface area contributed by atoms with Gasteiger partial charge in [0.25, 0.3) is 5.97 Å². The van der Waals surface area contributed by atoms with Crippen molar-refractivity contribution in [3.05, 3.63) is 0 Å². The highest BCUT2D eigenvalue weighted by atomic mass is 28.4. The van der Waals surface area contributed by atoms with Gasteiger partial charge in [0.2, 0.25) is 8.32 Å². The molecule has 0 aliphatic heterocycles. The van der Waals surface area contributed by atoms with E-state index in [4.69, 9.17) is 8.85 Å². The lowest BCUT2D eigenvalue weighted by Gasteiger charge is -2.35. The third kappa shape index (κ3) is 8.57. The van der Waals surface area contributed by atoms with Crippen LogP contribution in [0.3, 0.4) is 0 Å². The lowest BCUT2D eigenvalue weighted by Crippen LogP contribution is -2.43. The third-order valence-corrected chi connectivity index (χ3v) is 4.18. The second-order valence-electron chi connectivity index (χ2n) is 6.78. The van der Waals surface area contributed by atoms with Gasteiger partial charge in [0.15, 0.2) is 8.32 Å². The number of rotatable bonds is 6. The molecule has 1 unspecified atom stereocenters. The first kappa shape index (κ1) is 16.9. The molecule has 0 rings (SSSR count). The van der Waals surface area contributed by atoms with Crippen molar-refractivity contribution in [2.24, 2.45) is 0 Å². The lowest BCUT2D eigenvalue weighted by molar-refractivity contribution is -0.139. The molecule has 0 aromatic carbocycles. The average molecular weight is 277 g/mol. The summed E-state index contributed by atoms with van der Waals surface area (Å²) in [7, 11) is -3.42. The molecule has 0 spiro atoms. The molecule has 102 valence electrons. The van der Waals surface area contributed by atoms with Gasteiger partial charge in [0.05, 0.1) is 12.0 Å². The largest absolute Gasteiger partial charge is 0.520 e. The van der Waals surface area contributed by atoms with Crippen LogP contribution in [0.25, 0.3) is 0 Å². The van der Waals surface area contributed by atoms with E-state index in [2.05, 4.69) is 26.6 Å². The van der Waals surface area contributed by atoms with Crippen LogP contribution in [0.5, 0.6) is 0 Å². The zero-order valence-corrected chi connectivity index (χ0v) is 14.6. The molecule has 0 saturated carbocycles. The molecule has 5 heteroatoms. The van der Waals surface area contributed by atoms with E-state index in [1.807, 2.05) is 26.6 Å². The van der Waals surface area contributed by atoms with Crippen LogP contribution in [0.4, 0.5) is 0 Å². The zero-order valence-electron chi connectivity index (χ0n) is 12.6. The summed E-state index contributed by atoms with van der Waals surface area (Å²) >= 11 is 0. The van der Waals surface area contributed by atoms with Crippen molar-refractivity contribution in [2.75, 3.05) is 0 Å². The number of hydrogen-bond donors (Lipinski definition) is 0. The molecule has 0 aromatic rings. The summed E-state index contributed by atoms with van der Waals surface area (Å²) in [5.74, 6) is -0.119. The lowest BCUT2D eigenvalue weighted by atomic mass is 10.00. The van der Waals surface area contributed by atoms with E-state index in [1.165, 1.54) is 0 Å². The molecule has 0 radical (unpaired) electrons. The Labute approximate surface area is 108 Å². The fourth-order valence-electron chi connectivity index (χ4n) is 1.66. The van der Waals surface area contributed by atoms with Crippen molar-refractivity contribution < 1.29 is 13.6 Å². The molecular formula is C12H28O3Si2. The molecule has 0 aliphatic rings. The first-order valence-electron chi connectivity index (χ1n) is 6.29. The summed E-state index contributed by atoms with van der Waals surface area (Å²) in [4.78, 5) is 11.9. The van der Waals surface area contributed by atoms with Crippen molar-refractivity contribution >= 4 is 22.6 Å². The maximum Gasteiger partial charge on any atom is 0.295 e. The van der Waals surface area contributed by atoms with Gasteiger partial charge < -0.3 is 8.85 Å². The van der Waals surface area contributed by atoms with Gasteiger partial charge in [-0.1, -0.05) is 6.92 Å². The normalized spacial score (nSPS) is 16.5. The summed E-state index contributed by atoms with van der Waals surface area (Å²) in [5, 5.41) is 0. The number of hydrogen-bond acceptors (Lipinski definition) is 3. The monoisotopic (exact) mass is 276 g/mol. The average Bonchev–Trinajstić information content (AvgIpc) is 1.95. The van der Waals surface area contributed by atoms with Crippen molar-refractivity contribution in [2.45, 2.75) is 71.6 Å². The Hall–Kier alpha value is -0.136. The van der Waals surface area contributed by atoms with Crippen LogP contribution in [0.15, 0.2) is 0 Å². The van der Waals surface area contributed by atoms with E-state index >= 15 is 0 Å². The van der Waals surface area contributed by atoms with E-state index in [0.29, 0.717) is 6.42 Å². The summed E-state index contributed by atoms with van der Waals surface area (Å²) in [5.41, 5.74) is -0.374. The Morgan fingerprint density at radius 2 is 1.53 bits per heavy atom. The van der Waals surface area contributed by atoms with Gasteiger partial charge in [0, 0.05) is 0 Å². The van der Waals surface area contributed by atoms with E-state index in [1.54, 1.807) is 0 Å². The van der Waals surface area contributed by atoms with Crippen LogP contribution < -0.4 is 0 Å². The maximum atomic E-state index is 11.9. The van der Waals surface area contributed by atoms with Gasteiger partial charge in [-0.05, 0) is 52.6 Å². The molecule has 0 N–H and O–H groups in total. The Kier molecular flexibility index (Phi) is 5.62. The molecule has 0 amide bonds. The van der Waals surface area contributed by atoms with Crippen molar-refractivity contribution in [3.63, 3.8) is 0 Å². The first-order valence-corrected chi connectivity index (χ1v) is 13.1. The second kappa shape index (κ2) is 5.67. The van der Waals surface area contributed by atoms with Gasteiger partial charge in [-0.3, -0.25) is 4.79 Å². The Bertz CT molecular complexity index is 266. The fraction of sp³-hybridized carbons (Fsp3) is 0.917. The van der Waals surface area contributed by atoms with Crippen LogP contribution in [0, 0.1) is 0 Å². The second-order valence-corrected chi connectivity index (χ2v) is 15.6. The van der Waals surface area contributed by atoms with Crippen LogP contribution in [-0.4, -0.2) is 28.2 Å².